The standard InChI is InChI=1S/C29H29BrN4O3S/c1-20-10-13-27(16-21(20)2)34-22(3)17-24(23(34)4)18-31-32-29(35)19-33(26-14-11-25(30)12-15-26)38(36,37)28-8-6-5-7-9-28/h5-18H,19H2,1-4H3,(H,32,35)/b31-18+. The molecular formula is C29H29BrN4O3S. The fourth-order valence-corrected chi connectivity index (χ4v) is 5.87. The first kappa shape index (κ1) is 27.3. The summed E-state index contributed by atoms with van der Waals surface area (Å²) in [7, 11) is -3.98. The number of sulfonamides is 1. The van der Waals surface area contributed by atoms with Crippen LogP contribution in [0.5, 0.6) is 0 Å². The highest BCUT2D eigenvalue weighted by Crippen LogP contribution is 2.25. The van der Waals surface area contributed by atoms with Crippen molar-refractivity contribution >= 4 is 43.8 Å². The Labute approximate surface area is 232 Å². The van der Waals surface area contributed by atoms with Gasteiger partial charge in [0, 0.05) is 27.1 Å². The van der Waals surface area contributed by atoms with Gasteiger partial charge in [0.2, 0.25) is 0 Å². The summed E-state index contributed by atoms with van der Waals surface area (Å²) in [6.07, 6.45) is 1.58. The number of aromatic nitrogens is 1. The van der Waals surface area contributed by atoms with Crippen molar-refractivity contribution in [2.24, 2.45) is 5.10 Å². The van der Waals surface area contributed by atoms with Crippen molar-refractivity contribution in [2.75, 3.05) is 10.8 Å². The summed E-state index contributed by atoms with van der Waals surface area (Å²) < 4.78 is 30.8. The van der Waals surface area contributed by atoms with Crippen LogP contribution in [0.3, 0.4) is 0 Å². The lowest BCUT2D eigenvalue weighted by Crippen LogP contribution is -2.39. The van der Waals surface area contributed by atoms with Gasteiger partial charge in [-0.1, -0.05) is 40.2 Å². The van der Waals surface area contributed by atoms with Gasteiger partial charge in [-0.05, 0) is 93.4 Å². The summed E-state index contributed by atoms with van der Waals surface area (Å²) in [6, 6.07) is 23.1. The molecule has 0 aliphatic carbocycles. The fraction of sp³-hybridized carbons (Fsp3) is 0.172. The molecule has 0 radical (unpaired) electrons. The number of halogens is 1. The molecule has 7 nitrogen and oxygen atoms in total. The number of benzene rings is 3. The molecule has 0 aliphatic rings. The highest BCUT2D eigenvalue weighted by molar-refractivity contribution is 9.10. The van der Waals surface area contributed by atoms with Crippen LogP contribution in [0.25, 0.3) is 5.69 Å². The molecule has 0 spiro atoms. The molecule has 38 heavy (non-hydrogen) atoms. The monoisotopic (exact) mass is 592 g/mol. The van der Waals surface area contributed by atoms with Gasteiger partial charge >= 0.3 is 0 Å². The third-order valence-electron chi connectivity index (χ3n) is 6.34. The molecule has 4 aromatic rings. The lowest BCUT2D eigenvalue weighted by molar-refractivity contribution is -0.119. The van der Waals surface area contributed by atoms with Gasteiger partial charge in [-0.25, -0.2) is 13.8 Å². The molecule has 0 fully saturated rings. The number of nitrogens with zero attached hydrogens (tertiary/aromatic N) is 3. The molecular weight excluding hydrogens is 564 g/mol. The van der Waals surface area contributed by atoms with E-state index in [9.17, 15) is 13.2 Å². The molecule has 0 unspecified atom stereocenters. The van der Waals surface area contributed by atoms with Gasteiger partial charge in [-0.15, -0.1) is 0 Å². The zero-order valence-corrected chi connectivity index (χ0v) is 24.0. The first-order chi connectivity index (χ1) is 18.1. The number of hydrogen-bond acceptors (Lipinski definition) is 4. The van der Waals surface area contributed by atoms with E-state index in [1.807, 2.05) is 19.9 Å². The van der Waals surface area contributed by atoms with Crippen LogP contribution < -0.4 is 9.73 Å². The Balaban J connectivity index is 1.54. The summed E-state index contributed by atoms with van der Waals surface area (Å²) in [5.41, 5.74) is 9.21. The Kier molecular flexibility index (Phi) is 8.18. The van der Waals surface area contributed by atoms with E-state index in [0.29, 0.717) is 5.69 Å². The summed E-state index contributed by atoms with van der Waals surface area (Å²) in [4.78, 5) is 13.0. The van der Waals surface area contributed by atoms with Crippen molar-refractivity contribution in [3.05, 3.63) is 111 Å². The van der Waals surface area contributed by atoms with Crippen molar-refractivity contribution < 1.29 is 13.2 Å². The molecule has 0 bridgehead atoms. The first-order valence-corrected chi connectivity index (χ1v) is 14.2. The Morgan fingerprint density at radius 3 is 2.29 bits per heavy atom. The van der Waals surface area contributed by atoms with Crippen LogP contribution in [0.15, 0.2) is 93.3 Å². The second kappa shape index (κ2) is 11.4. The van der Waals surface area contributed by atoms with E-state index < -0.39 is 22.5 Å². The second-order valence-electron chi connectivity index (χ2n) is 9.02. The van der Waals surface area contributed by atoms with Gasteiger partial charge in [0.05, 0.1) is 16.8 Å². The molecule has 4 rings (SSSR count). The summed E-state index contributed by atoms with van der Waals surface area (Å²) >= 11 is 3.36. The average Bonchev–Trinajstić information content (AvgIpc) is 3.18. The van der Waals surface area contributed by atoms with E-state index in [0.717, 1.165) is 31.4 Å². The van der Waals surface area contributed by atoms with Gasteiger partial charge in [0.25, 0.3) is 15.9 Å². The van der Waals surface area contributed by atoms with Crippen molar-refractivity contribution in [1.82, 2.24) is 9.99 Å². The van der Waals surface area contributed by atoms with E-state index >= 15 is 0 Å². The molecule has 0 saturated carbocycles. The topological polar surface area (TPSA) is 83.8 Å². The van der Waals surface area contributed by atoms with Crippen LogP contribution >= 0.6 is 15.9 Å². The number of carbonyl (C=O) groups is 1. The molecule has 0 aliphatic heterocycles. The van der Waals surface area contributed by atoms with Crippen LogP contribution in [-0.2, 0) is 14.8 Å². The maximum Gasteiger partial charge on any atom is 0.264 e. The van der Waals surface area contributed by atoms with Crippen molar-refractivity contribution in [1.29, 1.82) is 0 Å². The van der Waals surface area contributed by atoms with Crippen LogP contribution in [0.2, 0.25) is 0 Å². The zero-order chi connectivity index (χ0) is 27.4. The lowest BCUT2D eigenvalue weighted by Gasteiger charge is -2.23. The number of aryl methyl sites for hydroxylation is 3. The van der Waals surface area contributed by atoms with E-state index in [4.69, 9.17) is 0 Å². The smallest absolute Gasteiger partial charge is 0.264 e. The Hall–Kier alpha value is -3.69. The van der Waals surface area contributed by atoms with E-state index in [-0.39, 0.29) is 4.90 Å². The number of amides is 1. The summed E-state index contributed by atoms with van der Waals surface area (Å²) in [5, 5.41) is 4.13. The maximum absolute atomic E-state index is 13.4. The van der Waals surface area contributed by atoms with Crippen LogP contribution in [-0.4, -0.2) is 31.7 Å². The number of rotatable bonds is 8. The Morgan fingerprint density at radius 2 is 1.63 bits per heavy atom. The van der Waals surface area contributed by atoms with Crippen LogP contribution in [0, 0.1) is 27.7 Å². The molecule has 0 saturated heterocycles. The molecule has 0 atom stereocenters. The number of anilines is 1. The summed E-state index contributed by atoms with van der Waals surface area (Å²) in [6.45, 7) is 7.74. The van der Waals surface area contributed by atoms with Crippen molar-refractivity contribution in [3.8, 4) is 5.69 Å². The first-order valence-electron chi connectivity index (χ1n) is 12.0. The third kappa shape index (κ3) is 5.89. The lowest BCUT2D eigenvalue weighted by atomic mass is 10.1. The minimum atomic E-state index is -3.98. The fourth-order valence-electron chi connectivity index (χ4n) is 4.16. The number of carbonyl (C=O) groups excluding carboxylic acids is 1. The molecule has 1 amide bonds. The highest BCUT2D eigenvalue weighted by Gasteiger charge is 2.27. The molecule has 1 N–H and O–H groups in total. The average molecular weight is 594 g/mol. The highest BCUT2D eigenvalue weighted by atomic mass is 79.9. The maximum atomic E-state index is 13.4. The molecule has 1 aromatic heterocycles. The minimum Gasteiger partial charge on any atom is -0.318 e. The third-order valence-corrected chi connectivity index (χ3v) is 8.66. The van der Waals surface area contributed by atoms with E-state index in [1.165, 1.54) is 23.3 Å². The van der Waals surface area contributed by atoms with Crippen LogP contribution in [0.4, 0.5) is 5.69 Å². The van der Waals surface area contributed by atoms with E-state index in [2.05, 4.69) is 63.1 Å². The van der Waals surface area contributed by atoms with Gasteiger partial charge in [-0.2, -0.15) is 5.10 Å². The Bertz CT molecular complexity index is 1600. The van der Waals surface area contributed by atoms with Crippen molar-refractivity contribution in [3.63, 3.8) is 0 Å². The molecule has 196 valence electrons. The second-order valence-corrected chi connectivity index (χ2v) is 11.8. The van der Waals surface area contributed by atoms with E-state index in [1.54, 1.807) is 48.7 Å². The van der Waals surface area contributed by atoms with Gasteiger partial charge in [0.15, 0.2) is 0 Å². The van der Waals surface area contributed by atoms with Crippen LogP contribution in [0.1, 0.15) is 28.1 Å². The zero-order valence-electron chi connectivity index (χ0n) is 21.6. The molecule has 3 aromatic carbocycles. The molecule has 9 heteroatoms. The van der Waals surface area contributed by atoms with Gasteiger partial charge in [-0.3, -0.25) is 9.10 Å². The van der Waals surface area contributed by atoms with Gasteiger partial charge < -0.3 is 4.57 Å². The van der Waals surface area contributed by atoms with Crippen molar-refractivity contribution in [2.45, 2.75) is 32.6 Å². The summed E-state index contributed by atoms with van der Waals surface area (Å²) in [5.74, 6) is -0.563. The molecule has 1 heterocycles. The SMILES string of the molecule is Cc1ccc(-n2c(C)cc(/C=N/NC(=O)CN(c3ccc(Br)cc3)S(=O)(=O)c3ccccc3)c2C)cc1C. The quantitative estimate of drug-likeness (QED) is 0.207. The number of nitrogens with one attached hydrogen (secondary N) is 1. The normalized spacial score (nSPS) is 11.6. The largest absolute Gasteiger partial charge is 0.318 e. The van der Waals surface area contributed by atoms with Gasteiger partial charge in [0.1, 0.15) is 6.54 Å². The number of hydrazone groups is 1. The number of hydrogen-bond donors (Lipinski definition) is 1. The minimum absolute atomic E-state index is 0.0954. The predicted octanol–water partition coefficient (Wildman–Crippen LogP) is 5.82. The Morgan fingerprint density at radius 1 is 0.947 bits per heavy atom. The predicted molar refractivity (Wildman–Crippen MR) is 156 cm³/mol.